The van der Waals surface area contributed by atoms with Gasteiger partial charge >= 0.3 is 0 Å². The zero-order valence-corrected chi connectivity index (χ0v) is 11.5. The number of ether oxygens (including phenoxy) is 1. The summed E-state index contributed by atoms with van der Waals surface area (Å²) in [4.78, 5) is 14.4. The third-order valence-electron chi connectivity index (χ3n) is 3.08. The van der Waals surface area contributed by atoms with Crippen molar-refractivity contribution in [2.75, 3.05) is 30.9 Å². The van der Waals surface area contributed by atoms with E-state index in [-0.39, 0.29) is 11.9 Å². The smallest absolute Gasteiger partial charge is 0.257 e. The highest BCUT2D eigenvalue weighted by atomic mass is 32.2. The van der Waals surface area contributed by atoms with Crippen LogP contribution in [0, 0.1) is 0 Å². The number of carbonyl (C=O) groups excluding carboxylic acids is 1. The Kier molecular flexibility index (Phi) is 4.01. The quantitative estimate of drug-likeness (QED) is 0.830. The van der Waals surface area contributed by atoms with Crippen LogP contribution in [0.1, 0.15) is 17.3 Å². The van der Waals surface area contributed by atoms with Crippen LogP contribution in [0.5, 0.6) is 5.75 Å². The monoisotopic (exact) mass is 266 g/mol. The molecule has 0 radical (unpaired) electrons. The van der Waals surface area contributed by atoms with Gasteiger partial charge in [0, 0.05) is 35.8 Å². The fraction of sp³-hybridized carbons (Fsp3) is 0.462. The average Bonchev–Trinajstić information content (AvgIpc) is 2.38. The summed E-state index contributed by atoms with van der Waals surface area (Å²) in [6.45, 7) is 2.87. The summed E-state index contributed by atoms with van der Waals surface area (Å²) in [5, 5.41) is 0. The second-order valence-electron chi connectivity index (χ2n) is 4.38. The van der Waals surface area contributed by atoms with Crippen LogP contribution in [0.3, 0.4) is 0 Å². The third kappa shape index (κ3) is 2.56. The van der Waals surface area contributed by atoms with Crippen molar-refractivity contribution in [1.82, 2.24) is 4.90 Å². The van der Waals surface area contributed by atoms with Crippen LogP contribution < -0.4 is 10.5 Å². The van der Waals surface area contributed by atoms with E-state index in [2.05, 4.69) is 6.92 Å². The molecule has 1 saturated heterocycles. The van der Waals surface area contributed by atoms with Gasteiger partial charge in [-0.1, -0.05) is 0 Å². The summed E-state index contributed by atoms with van der Waals surface area (Å²) in [5.41, 5.74) is 6.89. The van der Waals surface area contributed by atoms with Gasteiger partial charge in [-0.25, -0.2) is 0 Å². The zero-order chi connectivity index (χ0) is 13.1. The van der Waals surface area contributed by atoms with E-state index in [0.29, 0.717) is 17.0 Å². The van der Waals surface area contributed by atoms with Gasteiger partial charge in [0.15, 0.2) is 0 Å². The Morgan fingerprint density at radius 2 is 2.33 bits per heavy atom. The van der Waals surface area contributed by atoms with Crippen LogP contribution in [0.4, 0.5) is 5.69 Å². The highest BCUT2D eigenvalue weighted by Gasteiger charge is 2.26. The molecule has 1 aromatic carbocycles. The van der Waals surface area contributed by atoms with Crippen LogP contribution in [-0.4, -0.2) is 42.0 Å². The number of amides is 1. The van der Waals surface area contributed by atoms with Gasteiger partial charge in [-0.05, 0) is 19.1 Å². The van der Waals surface area contributed by atoms with Crippen molar-refractivity contribution < 1.29 is 9.53 Å². The zero-order valence-electron chi connectivity index (χ0n) is 10.7. The minimum Gasteiger partial charge on any atom is -0.496 e. The van der Waals surface area contributed by atoms with E-state index in [1.807, 2.05) is 16.7 Å². The van der Waals surface area contributed by atoms with Crippen LogP contribution >= 0.6 is 11.8 Å². The number of carbonyl (C=O) groups is 1. The maximum Gasteiger partial charge on any atom is 0.257 e. The van der Waals surface area contributed by atoms with Gasteiger partial charge < -0.3 is 15.4 Å². The van der Waals surface area contributed by atoms with Crippen LogP contribution in [-0.2, 0) is 0 Å². The predicted molar refractivity (Wildman–Crippen MR) is 75.2 cm³/mol. The molecule has 4 nitrogen and oxygen atoms in total. The van der Waals surface area contributed by atoms with E-state index < -0.39 is 0 Å². The molecular formula is C13H18N2O2S. The number of hydrogen-bond acceptors (Lipinski definition) is 4. The number of nitrogen functional groups attached to an aromatic ring is 1. The first-order chi connectivity index (χ1) is 8.63. The maximum atomic E-state index is 12.5. The lowest BCUT2D eigenvalue weighted by Crippen LogP contribution is -2.44. The fourth-order valence-electron chi connectivity index (χ4n) is 2.07. The number of thioether (sulfide) groups is 1. The molecule has 1 fully saturated rings. The number of methoxy groups -OCH3 is 1. The van der Waals surface area contributed by atoms with Crippen molar-refractivity contribution in [2.45, 2.75) is 13.0 Å². The SMILES string of the molecule is COc1cc(N)ccc1C(=O)N1CCSCC1C. The third-order valence-corrected chi connectivity index (χ3v) is 4.27. The second-order valence-corrected chi connectivity index (χ2v) is 5.53. The first kappa shape index (κ1) is 13.1. The van der Waals surface area contributed by atoms with E-state index >= 15 is 0 Å². The van der Waals surface area contributed by atoms with Crippen LogP contribution in [0.25, 0.3) is 0 Å². The highest BCUT2D eigenvalue weighted by Crippen LogP contribution is 2.25. The number of nitrogens with two attached hydrogens (primary N) is 1. The molecule has 2 rings (SSSR count). The Hall–Kier alpha value is -1.36. The first-order valence-electron chi connectivity index (χ1n) is 5.95. The average molecular weight is 266 g/mol. The van der Waals surface area contributed by atoms with Crippen molar-refractivity contribution in [3.8, 4) is 5.75 Å². The molecule has 98 valence electrons. The Morgan fingerprint density at radius 1 is 1.56 bits per heavy atom. The summed E-state index contributed by atoms with van der Waals surface area (Å²) in [6.07, 6.45) is 0. The Labute approximate surface area is 111 Å². The standard InChI is InChI=1S/C13H18N2O2S/c1-9-8-18-6-5-15(9)13(16)11-4-3-10(14)7-12(11)17-2/h3-4,7,9H,5-6,8,14H2,1-2H3. The van der Waals surface area contributed by atoms with Gasteiger partial charge in [0.1, 0.15) is 5.75 Å². The highest BCUT2D eigenvalue weighted by molar-refractivity contribution is 7.99. The number of hydrogen-bond donors (Lipinski definition) is 1. The van der Waals surface area contributed by atoms with Crippen LogP contribution in [0.15, 0.2) is 18.2 Å². The molecule has 0 aromatic heterocycles. The number of nitrogens with zero attached hydrogens (tertiary/aromatic N) is 1. The molecule has 1 heterocycles. The Bertz CT molecular complexity index is 451. The van der Waals surface area contributed by atoms with Crippen molar-refractivity contribution in [3.05, 3.63) is 23.8 Å². The molecule has 0 bridgehead atoms. The molecule has 1 aliphatic heterocycles. The van der Waals surface area contributed by atoms with Gasteiger partial charge in [0.2, 0.25) is 0 Å². The molecule has 18 heavy (non-hydrogen) atoms. The Morgan fingerprint density at radius 3 is 3.00 bits per heavy atom. The molecule has 1 amide bonds. The van der Waals surface area contributed by atoms with E-state index in [4.69, 9.17) is 10.5 Å². The van der Waals surface area contributed by atoms with Crippen molar-refractivity contribution in [3.63, 3.8) is 0 Å². The van der Waals surface area contributed by atoms with E-state index in [9.17, 15) is 4.79 Å². The summed E-state index contributed by atoms with van der Waals surface area (Å²) in [7, 11) is 1.56. The van der Waals surface area contributed by atoms with Gasteiger partial charge in [0.25, 0.3) is 5.91 Å². The van der Waals surface area contributed by atoms with E-state index in [1.165, 1.54) is 0 Å². The number of anilines is 1. The molecule has 5 heteroatoms. The lowest BCUT2D eigenvalue weighted by Gasteiger charge is -2.33. The normalized spacial score (nSPS) is 19.7. The van der Waals surface area contributed by atoms with Crippen molar-refractivity contribution in [2.24, 2.45) is 0 Å². The van der Waals surface area contributed by atoms with Gasteiger partial charge in [-0.2, -0.15) is 11.8 Å². The lowest BCUT2D eigenvalue weighted by molar-refractivity contribution is 0.0712. The summed E-state index contributed by atoms with van der Waals surface area (Å²) >= 11 is 1.89. The number of benzene rings is 1. The largest absolute Gasteiger partial charge is 0.496 e. The van der Waals surface area contributed by atoms with Gasteiger partial charge in [0.05, 0.1) is 12.7 Å². The Balaban J connectivity index is 2.27. The predicted octanol–water partition coefficient (Wildman–Crippen LogP) is 1.85. The van der Waals surface area contributed by atoms with E-state index in [1.54, 1.807) is 25.3 Å². The van der Waals surface area contributed by atoms with E-state index in [0.717, 1.165) is 18.1 Å². The van der Waals surface area contributed by atoms with Crippen molar-refractivity contribution in [1.29, 1.82) is 0 Å². The molecule has 1 unspecified atom stereocenters. The molecule has 1 aromatic rings. The second kappa shape index (κ2) is 5.52. The fourth-order valence-corrected chi connectivity index (χ4v) is 3.08. The maximum absolute atomic E-state index is 12.5. The number of rotatable bonds is 2. The van der Waals surface area contributed by atoms with Crippen molar-refractivity contribution >= 4 is 23.4 Å². The minimum atomic E-state index is 0.0275. The molecule has 0 spiro atoms. The molecule has 0 aliphatic carbocycles. The lowest BCUT2D eigenvalue weighted by atomic mass is 10.1. The summed E-state index contributed by atoms with van der Waals surface area (Å²) in [6, 6.07) is 5.43. The first-order valence-corrected chi connectivity index (χ1v) is 7.11. The molecular weight excluding hydrogens is 248 g/mol. The van der Waals surface area contributed by atoms with Gasteiger partial charge in [-0.3, -0.25) is 4.79 Å². The minimum absolute atomic E-state index is 0.0275. The molecule has 2 N–H and O–H groups in total. The molecule has 1 aliphatic rings. The summed E-state index contributed by atoms with van der Waals surface area (Å²) in [5.74, 6) is 2.56. The summed E-state index contributed by atoms with van der Waals surface area (Å²) < 4.78 is 5.24. The van der Waals surface area contributed by atoms with Gasteiger partial charge in [-0.15, -0.1) is 0 Å². The molecule has 0 saturated carbocycles. The van der Waals surface area contributed by atoms with Crippen LogP contribution in [0.2, 0.25) is 0 Å². The molecule has 1 atom stereocenters. The topological polar surface area (TPSA) is 55.6 Å².